The highest BCUT2D eigenvalue weighted by molar-refractivity contribution is 6.35. The van der Waals surface area contributed by atoms with E-state index in [9.17, 15) is 9.59 Å². The van der Waals surface area contributed by atoms with Crippen molar-refractivity contribution in [1.29, 1.82) is 0 Å². The van der Waals surface area contributed by atoms with Gasteiger partial charge in [-0.05, 0) is 41.8 Å². The third kappa shape index (κ3) is 5.55. The summed E-state index contributed by atoms with van der Waals surface area (Å²) in [6, 6.07) is 12.5. The van der Waals surface area contributed by atoms with Gasteiger partial charge in [-0.1, -0.05) is 41.4 Å². The van der Waals surface area contributed by atoms with Crippen molar-refractivity contribution in [3.05, 3.63) is 63.6 Å². The summed E-state index contributed by atoms with van der Waals surface area (Å²) in [6.07, 6.45) is 1.18. The Morgan fingerprint density at radius 3 is 2.33 bits per heavy atom. The first-order chi connectivity index (χ1) is 11.5. The molecule has 0 unspecified atom stereocenters. The minimum atomic E-state index is -0.0972. The second-order valence-electron chi connectivity index (χ2n) is 5.33. The van der Waals surface area contributed by atoms with Crippen LogP contribution in [0, 0.1) is 0 Å². The molecule has 2 N–H and O–H groups in total. The summed E-state index contributed by atoms with van der Waals surface area (Å²) in [5.41, 5.74) is 2.47. The molecule has 0 saturated heterocycles. The summed E-state index contributed by atoms with van der Waals surface area (Å²) in [4.78, 5) is 23.3. The van der Waals surface area contributed by atoms with Crippen molar-refractivity contribution in [1.82, 2.24) is 5.32 Å². The molecule has 4 nitrogen and oxygen atoms in total. The smallest absolute Gasteiger partial charge is 0.224 e. The van der Waals surface area contributed by atoms with Crippen LogP contribution >= 0.6 is 23.2 Å². The van der Waals surface area contributed by atoms with Crippen LogP contribution in [-0.2, 0) is 22.4 Å². The average Bonchev–Trinajstić information content (AvgIpc) is 2.55. The van der Waals surface area contributed by atoms with Crippen molar-refractivity contribution < 1.29 is 9.59 Å². The molecule has 0 aliphatic heterocycles. The molecule has 0 aliphatic rings. The molecular formula is C18H18Cl2N2O2. The first-order valence-corrected chi connectivity index (χ1v) is 8.27. The molecule has 0 aromatic heterocycles. The maximum atomic E-state index is 12.0. The Bertz CT molecular complexity index is 730. The minimum Gasteiger partial charge on any atom is -0.359 e. The second-order valence-corrected chi connectivity index (χ2v) is 6.17. The van der Waals surface area contributed by atoms with Crippen molar-refractivity contribution in [2.45, 2.75) is 19.3 Å². The third-order valence-electron chi connectivity index (χ3n) is 3.52. The third-order valence-corrected chi connectivity index (χ3v) is 4.10. The van der Waals surface area contributed by atoms with Crippen LogP contribution < -0.4 is 10.6 Å². The first kappa shape index (κ1) is 18.3. The largest absolute Gasteiger partial charge is 0.359 e. The van der Waals surface area contributed by atoms with Gasteiger partial charge in [0.2, 0.25) is 11.8 Å². The first-order valence-electron chi connectivity index (χ1n) is 7.51. The molecule has 2 rings (SSSR count). The number of likely N-dealkylation sites (N-methyl/N-ethyl adjacent to an activating group) is 1. The van der Waals surface area contributed by atoms with E-state index in [4.69, 9.17) is 23.2 Å². The highest BCUT2D eigenvalue weighted by Crippen LogP contribution is 2.22. The fourth-order valence-electron chi connectivity index (χ4n) is 2.18. The van der Waals surface area contributed by atoms with Crippen LogP contribution in [0.3, 0.4) is 0 Å². The van der Waals surface area contributed by atoms with Crippen molar-refractivity contribution >= 4 is 40.7 Å². The topological polar surface area (TPSA) is 58.2 Å². The Morgan fingerprint density at radius 2 is 1.71 bits per heavy atom. The standard InChI is InChI=1S/C18H18Cl2N2O2/c1-21-18(24)10-12-2-7-15(8-3-12)22-17(23)9-5-13-4-6-14(19)11-16(13)20/h2-4,6-8,11H,5,9-10H2,1H3,(H,21,24)(H,22,23). The van der Waals surface area contributed by atoms with E-state index in [0.29, 0.717) is 35.0 Å². The monoisotopic (exact) mass is 364 g/mol. The van der Waals surface area contributed by atoms with Crippen molar-refractivity contribution in [3.63, 3.8) is 0 Å². The Balaban J connectivity index is 1.86. The molecule has 2 amide bonds. The van der Waals surface area contributed by atoms with Gasteiger partial charge in [-0.15, -0.1) is 0 Å². The van der Waals surface area contributed by atoms with E-state index in [1.807, 2.05) is 18.2 Å². The Kier molecular flexibility index (Phi) is 6.64. The summed E-state index contributed by atoms with van der Waals surface area (Å²) in [7, 11) is 1.60. The lowest BCUT2D eigenvalue weighted by molar-refractivity contribution is -0.120. The summed E-state index contributed by atoms with van der Waals surface area (Å²) in [5.74, 6) is -0.147. The van der Waals surface area contributed by atoms with Gasteiger partial charge in [0.25, 0.3) is 0 Å². The van der Waals surface area contributed by atoms with Crippen LogP contribution in [0.4, 0.5) is 5.69 Å². The van der Waals surface area contributed by atoms with Gasteiger partial charge in [0, 0.05) is 29.2 Å². The quantitative estimate of drug-likeness (QED) is 0.817. The normalized spacial score (nSPS) is 10.3. The van der Waals surface area contributed by atoms with Gasteiger partial charge in [-0.25, -0.2) is 0 Å². The van der Waals surface area contributed by atoms with Gasteiger partial charge in [0.05, 0.1) is 6.42 Å². The zero-order valence-electron chi connectivity index (χ0n) is 13.2. The molecular weight excluding hydrogens is 347 g/mol. The molecule has 0 saturated carbocycles. The number of amides is 2. The highest BCUT2D eigenvalue weighted by atomic mass is 35.5. The Morgan fingerprint density at radius 1 is 1.00 bits per heavy atom. The van der Waals surface area contributed by atoms with E-state index in [2.05, 4.69) is 10.6 Å². The van der Waals surface area contributed by atoms with Gasteiger partial charge < -0.3 is 10.6 Å². The van der Waals surface area contributed by atoms with Crippen molar-refractivity contribution in [3.8, 4) is 0 Å². The number of benzene rings is 2. The zero-order chi connectivity index (χ0) is 17.5. The van der Waals surface area contributed by atoms with Crippen LogP contribution in [0.15, 0.2) is 42.5 Å². The van der Waals surface area contributed by atoms with Crippen LogP contribution in [0.2, 0.25) is 10.0 Å². The summed E-state index contributed by atoms with van der Waals surface area (Å²) in [6.45, 7) is 0. The number of carbonyl (C=O) groups excluding carboxylic acids is 2. The van der Waals surface area contributed by atoms with Crippen molar-refractivity contribution in [2.24, 2.45) is 0 Å². The predicted molar refractivity (Wildman–Crippen MR) is 97.6 cm³/mol. The molecule has 0 bridgehead atoms. The van der Waals surface area contributed by atoms with E-state index < -0.39 is 0 Å². The van der Waals surface area contributed by atoms with Gasteiger partial charge in [-0.3, -0.25) is 9.59 Å². The van der Waals surface area contributed by atoms with Gasteiger partial charge in [-0.2, -0.15) is 0 Å². The van der Waals surface area contributed by atoms with E-state index >= 15 is 0 Å². The number of hydrogen-bond donors (Lipinski definition) is 2. The molecule has 24 heavy (non-hydrogen) atoms. The van der Waals surface area contributed by atoms with Gasteiger partial charge in [0.15, 0.2) is 0 Å². The molecule has 0 heterocycles. The summed E-state index contributed by atoms with van der Waals surface area (Å²) in [5, 5.41) is 6.54. The fourth-order valence-corrected chi connectivity index (χ4v) is 2.68. The van der Waals surface area contributed by atoms with Crippen molar-refractivity contribution in [2.75, 3.05) is 12.4 Å². The fraction of sp³-hybridized carbons (Fsp3) is 0.222. The second kappa shape index (κ2) is 8.71. The number of nitrogens with one attached hydrogen (secondary N) is 2. The lowest BCUT2D eigenvalue weighted by atomic mass is 10.1. The zero-order valence-corrected chi connectivity index (χ0v) is 14.7. The van der Waals surface area contributed by atoms with E-state index in [0.717, 1.165) is 11.1 Å². The number of aryl methyl sites for hydroxylation is 1. The SMILES string of the molecule is CNC(=O)Cc1ccc(NC(=O)CCc2ccc(Cl)cc2Cl)cc1. The predicted octanol–water partition coefficient (Wildman–Crippen LogP) is 3.85. The molecule has 2 aromatic carbocycles. The maximum absolute atomic E-state index is 12.0. The lowest BCUT2D eigenvalue weighted by Gasteiger charge is -2.08. The molecule has 2 aromatic rings. The van der Waals surface area contributed by atoms with E-state index in [1.165, 1.54) is 0 Å². The van der Waals surface area contributed by atoms with Crippen LogP contribution in [0.5, 0.6) is 0 Å². The van der Waals surface area contributed by atoms with Gasteiger partial charge >= 0.3 is 0 Å². The van der Waals surface area contributed by atoms with Crippen LogP contribution in [0.1, 0.15) is 17.5 Å². The molecule has 0 radical (unpaired) electrons. The maximum Gasteiger partial charge on any atom is 0.224 e. The molecule has 0 fully saturated rings. The lowest BCUT2D eigenvalue weighted by Crippen LogP contribution is -2.19. The number of carbonyl (C=O) groups is 2. The molecule has 126 valence electrons. The highest BCUT2D eigenvalue weighted by Gasteiger charge is 2.07. The van der Waals surface area contributed by atoms with Gasteiger partial charge in [0.1, 0.15) is 0 Å². The minimum absolute atomic E-state index is 0.0494. The Labute approximate surface area is 151 Å². The molecule has 0 atom stereocenters. The van der Waals surface area contributed by atoms with Crippen LogP contribution in [0.25, 0.3) is 0 Å². The summed E-state index contributed by atoms with van der Waals surface area (Å²) < 4.78 is 0. The van der Waals surface area contributed by atoms with Crippen LogP contribution in [-0.4, -0.2) is 18.9 Å². The Hall–Kier alpha value is -2.04. The van der Waals surface area contributed by atoms with E-state index in [-0.39, 0.29) is 11.8 Å². The molecule has 6 heteroatoms. The average molecular weight is 365 g/mol. The number of hydrogen-bond acceptors (Lipinski definition) is 2. The number of rotatable bonds is 6. The molecule has 0 spiro atoms. The number of anilines is 1. The van der Waals surface area contributed by atoms with E-state index in [1.54, 1.807) is 31.3 Å². The number of halogens is 2. The summed E-state index contributed by atoms with van der Waals surface area (Å²) >= 11 is 11.9. The molecule has 0 aliphatic carbocycles.